The lowest BCUT2D eigenvalue weighted by Crippen LogP contribution is -2.50. The standard InChI is InChI=1S/C12H15N7O2S2/c13-11-16-17-12(23-11)22-7-8(20)18-3-5-19(6-4-18)9-10(21)15-2-1-14-9/h1-2H,3-7H2,(H2,13,16)(H,15,21). The number of nitrogens with two attached hydrogens (primary N) is 1. The Morgan fingerprint density at radius 3 is 2.78 bits per heavy atom. The molecule has 0 atom stereocenters. The smallest absolute Gasteiger partial charge is 0.290 e. The topological polar surface area (TPSA) is 121 Å². The minimum atomic E-state index is -0.211. The van der Waals surface area contributed by atoms with E-state index in [0.717, 1.165) is 0 Å². The number of nitrogen functional groups attached to an aromatic ring is 1. The van der Waals surface area contributed by atoms with Crippen LogP contribution in [0.15, 0.2) is 21.5 Å². The van der Waals surface area contributed by atoms with Crippen molar-refractivity contribution in [2.24, 2.45) is 0 Å². The van der Waals surface area contributed by atoms with Gasteiger partial charge in [0.25, 0.3) is 5.56 Å². The van der Waals surface area contributed by atoms with Crippen molar-refractivity contribution in [2.75, 3.05) is 42.6 Å². The Bertz CT molecular complexity index is 739. The van der Waals surface area contributed by atoms with Crippen molar-refractivity contribution in [3.63, 3.8) is 0 Å². The van der Waals surface area contributed by atoms with Crippen molar-refractivity contribution in [3.05, 3.63) is 22.7 Å². The van der Waals surface area contributed by atoms with E-state index in [4.69, 9.17) is 5.73 Å². The molecule has 3 rings (SSSR count). The predicted octanol–water partition coefficient (Wildman–Crippen LogP) is -0.356. The van der Waals surface area contributed by atoms with E-state index in [1.807, 2.05) is 4.90 Å². The van der Waals surface area contributed by atoms with Crippen LogP contribution >= 0.6 is 23.1 Å². The first-order valence-electron chi connectivity index (χ1n) is 6.91. The van der Waals surface area contributed by atoms with Crippen LogP contribution in [0.3, 0.4) is 0 Å². The molecule has 0 aromatic carbocycles. The summed E-state index contributed by atoms with van der Waals surface area (Å²) in [7, 11) is 0. The number of aromatic amines is 1. The number of hydrogen-bond acceptors (Lipinski definition) is 9. The van der Waals surface area contributed by atoms with Crippen LogP contribution in [0.1, 0.15) is 0 Å². The Morgan fingerprint density at radius 1 is 1.35 bits per heavy atom. The van der Waals surface area contributed by atoms with Gasteiger partial charge in [-0.2, -0.15) is 0 Å². The molecule has 0 radical (unpaired) electrons. The minimum Gasteiger partial charge on any atom is -0.374 e. The lowest BCUT2D eigenvalue weighted by atomic mass is 10.3. The molecule has 3 heterocycles. The van der Waals surface area contributed by atoms with Crippen molar-refractivity contribution < 1.29 is 4.79 Å². The van der Waals surface area contributed by atoms with Gasteiger partial charge in [-0.15, -0.1) is 10.2 Å². The molecule has 122 valence electrons. The zero-order chi connectivity index (χ0) is 16.2. The number of amides is 1. The molecule has 1 aliphatic rings. The monoisotopic (exact) mass is 353 g/mol. The van der Waals surface area contributed by atoms with E-state index in [1.165, 1.54) is 29.3 Å². The average molecular weight is 353 g/mol. The number of carbonyl (C=O) groups is 1. The van der Waals surface area contributed by atoms with Crippen LogP contribution in [0.5, 0.6) is 0 Å². The molecule has 23 heavy (non-hydrogen) atoms. The lowest BCUT2D eigenvalue weighted by molar-refractivity contribution is -0.128. The zero-order valence-corrected chi connectivity index (χ0v) is 13.8. The van der Waals surface area contributed by atoms with Gasteiger partial charge in [0.05, 0.1) is 5.75 Å². The normalized spacial score (nSPS) is 15.0. The fourth-order valence-electron chi connectivity index (χ4n) is 2.23. The Hall–Kier alpha value is -2.14. The van der Waals surface area contributed by atoms with Gasteiger partial charge >= 0.3 is 0 Å². The van der Waals surface area contributed by atoms with Gasteiger partial charge in [0.1, 0.15) is 0 Å². The Labute approximate surface area is 139 Å². The van der Waals surface area contributed by atoms with E-state index in [0.29, 0.717) is 47.2 Å². The summed E-state index contributed by atoms with van der Waals surface area (Å²) in [6.45, 7) is 2.30. The lowest BCUT2D eigenvalue weighted by Gasteiger charge is -2.34. The van der Waals surface area contributed by atoms with Gasteiger partial charge in [0.15, 0.2) is 10.2 Å². The number of carbonyl (C=O) groups excluding carboxylic acids is 1. The third-order valence-corrected chi connectivity index (χ3v) is 5.23. The van der Waals surface area contributed by atoms with Crippen molar-refractivity contribution in [2.45, 2.75) is 4.34 Å². The fraction of sp³-hybridized carbons (Fsp3) is 0.417. The molecule has 1 fully saturated rings. The number of piperazine rings is 1. The minimum absolute atomic E-state index is 0.0401. The predicted molar refractivity (Wildman–Crippen MR) is 88.7 cm³/mol. The van der Waals surface area contributed by atoms with Crippen LogP contribution in [-0.2, 0) is 4.79 Å². The van der Waals surface area contributed by atoms with E-state index >= 15 is 0 Å². The van der Waals surface area contributed by atoms with Crippen LogP contribution in [0.2, 0.25) is 0 Å². The van der Waals surface area contributed by atoms with E-state index in [1.54, 1.807) is 11.1 Å². The average Bonchev–Trinajstić information content (AvgIpc) is 2.99. The molecule has 3 N–H and O–H groups in total. The van der Waals surface area contributed by atoms with E-state index < -0.39 is 0 Å². The third kappa shape index (κ3) is 3.79. The maximum absolute atomic E-state index is 12.2. The molecule has 0 unspecified atom stereocenters. The van der Waals surface area contributed by atoms with Gasteiger partial charge in [0, 0.05) is 38.6 Å². The quantitative estimate of drug-likeness (QED) is 0.715. The first kappa shape index (κ1) is 15.7. The molecule has 2 aromatic heterocycles. The molecular formula is C12H15N7O2S2. The number of nitrogens with zero attached hydrogens (tertiary/aromatic N) is 5. The van der Waals surface area contributed by atoms with Crippen molar-refractivity contribution in [1.29, 1.82) is 0 Å². The van der Waals surface area contributed by atoms with Crippen molar-refractivity contribution >= 4 is 40.0 Å². The number of aromatic nitrogens is 4. The molecule has 0 aliphatic carbocycles. The zero-order valence-electron chi connectivity index (χ0n) is 12.1. The van der Waals surface area contributed by atoms with Gasteiger partial charge in [-0.3, -0.25) is 9.59 Å². The molecular weight excluding hydrogens is 338 g/mol. The fourth-order valence-corrected chi connectivity index (χ4v) is 3.77. The molecule has 1 saturated heterocycles. The summed E-state index contributed by atoms with van der Waals surface area (Å²) in [5.74, 6) is 0.746. The van der Waals surface area contributed by atoms with Crippen molar-refractivity contribution in [1.82, 2.24) is 25.1 Å². The van der Waals surface area contributed by atoms with E-state index in [-0.39, 0.29) is 11.5 Å². The summed E-state index contributed by atoms with van der Waals surface area (Å²) >= 11 is 2.60. The summed E-state index contributed by atoms with van der Waals surface area (Å²) in [5.41, 5.74) is 5.30. The summed E-state index contributed by atoms with van der Waals surface area (Å²) in [6.07, 6.45) is 3.06. The highest BCUT2D eigenvalue weighted by molar-refractivity contribution is 8.01. The van der Waals surface area contributed by atoms with Crippen LogP contribution in [0.25, 0.3) is 0 Å². The largest absolute Gasteiger partial charge is 0.374 e. The second-order valence-corrected chi connectivity index (χ2v) is 7.04. The Kier molecular flexibility index (Phi) is 4.76. The molecule has 1 amide bonds. The highest BCUT2D eigenvalue weighted by Gasteiger charge is 2.23. The molecule has 1 aliphatic heterocycles. The Balaban J connectivity index is 1.51. The van der Waals surface area contributed by atoms with Gasteiger partial charge in [0.2, 0.25) is 11.0 Å². The van der Waals surface area contributed by atoms with Crippen molar-refractivity contribution in [3.8, 4) is 0 Å². The maximum atomic E-state index is 12.2. The number of nitrogens with one attached hydrogen (secondary N) is 1. The maximum Gasteiger partial charge on any atom is 0.290 e. The van der Waals surface area contributed by atoms with E-state index in [9.17, 15) is 9.59 Å². The molecule has 0 spiro atoms. The van der Waals surface area contributed by atoms with E-state index in [2.05, 4.69) is 20.2 Å². The number of H-pyrrole nitrogens is 1. The second-order valence-electron chi connectivity index (χ2n) is 4.80. The van der Waals surface area contributed by atoms with Crippen LogP contribution in [0, 0.1) is 0 Å². The number of anilines is 2. The summed E-state index contributed by atoms with van der Waals surface area (Å²) in [4.78, 5) is 34.3. The van der Waals surface area contributed by atoms with Gasteiger partial charge < -0.3 is 20.5 Å². The van der Waals surface area contributed by atoms with Crippen LogP contribution in [0.4, 0.5) is 10.9 Å². The highest BCUT2D eigenvalue weighted by Crippen LogP contribution is 2.23. The summed E-state index contributed by atoms with van der Waals surface area (Å²) in [5, 5.41) is 7.99. The molecule has 2 aromatic rings. The summed E-state index contributed by atoms with van der Waals surface area (Å²) in [6, 6.07) is 0. The number of rotatable bonds is 4. The SMILES string of the molecule is Nc1nnc(SCC(=O)N2CCN(c3ncc[nH]c3=O)CC2)s1. The Morgan fingerprint density at radius 2 is 2.13 bits per heavy atom. The second kappa shape index (κ2) is 6.96. The third-order valence-electron chi connectivity index (χ3n) is 3.36. The number of hydrogen-bond donors (Lipinski definition) is 2. The molecule has 11 heteroatoms. The number of thioether (sulfide) groups is 1. The highest BCUT2D eigenvalue weighted by atomic mass is 32.2. The van der Waals surface area contributed by atoms with Gasteiger partial charge in [-0.1, -0.05) is 23.1 Å². The molecule has 9 nitrogen and oxygen atoms in total. The first-order chi connectivity index (χ1) is 11.1. The van der Waals surface area contributed by atoms with Crippen LogP contribution in [-0.4, -0.2) is 62.9 Å². The first-order valence-corrected chi connectivity index (χ1v) is 8.72. The molecule has 0 saturated carbocycles. The van der Waals surface area contributed by atoms with Gasteiger partial charge in [-0.05, 0) is 0 Å². The van der Waals surface area contributed by atoms with Gasteiger partial charge in [-0.25, -0.2) is 4.98 Å². The molecule has 0 bridgehead atoms. The van der Waals surface area contributed by atoms with Crippen LogP contribution < -0.4 is 16.2 Å². The summed E-state index contributed by atoms with van der Waals surface area (Å²) < 4.78 is 0.689.